The number of hydrogen-bond donors (Lipinski definition) is 2. The fourth-order valence-corrected chi connectivity index (χ4v) is 2.85. The third-order valence-corrected chi connectivity index (χ3v) is 3.23. The van der Waals surface area contributed by atoms with Crippen LogP contribution in [0.25, 0.3) is 0 Å². The molecule has 2 aliphatic heterocycles. The molecule has 0 spiro atoms. The number of halogens is 1. The molecule has 0 aromatic carbocycles. The Morgan fingerprint density at radius 1 is 1.62 bits per heavy atom. The van der Waals surface area contributed by atoms with Gasteiger partial charge < -0.3 is 10.2 Å². The summed E-state index contributed by atoms with van der Waals surface area (Å²) < 4.78 is 13.1. The topological polar surface area (TPSA) is 43.7 Å². The summed E-state index contributed by atoms with van der Waals surface area (Å²) in [5.41, 5.74) is -1.24. The normalized spacial score (nSPS) is 51.2. The van der Waals surface area contributed by atoms with Crippen molar-refractivity contribution in [2.75, 3.05) is 19.7 Å². The van der Waals surface area contributed by atoms with E-state index >= 15 is 0 Å². The number of β-amino-alcohol motifs (C(OH)–C–C–N with tert-alkyl or cyclic N) is 1. The fourth-order valence-electron chi connectivity index (χ4n) is 2.85. The quantitative estimate of drug-likeness (QED) is 0.606. The highest BCUT2D eigenvalue weighted by atomic mass is 19.1. The fraction of sp³-hybridized carbons (Fsp3) is 1.00. The van der Waals surface area contributed by atoms with Crippen LogP contribution in [0.2, 0.25) is 0 Å². The molecule has 1 unspecified atom stereocenters. The van der Waals surface area contributed by atoms with Crippen LogP contribution in [0.5, 0.6) is 0 Å². The Hall–Kier alpha value is -0.190. The van der Waals surface area contributed by atoms with Crippen LogP contribution < -0.4 is 0 Å². The monoisotopic (exact) mass is 189 g/mol. The van der Waals surface area contributed by atoms with Gasteiger partial charge in [0.15, 0.2) is 0 Å². The minimum atomic E-state index is -0.844. The summed E-state index contributed by atoms with van der Waals surface area (Å²) in [6.45, 7) is 2.53. The lowest BCUT2D eigenvalue weighted by Gasteiger charge is -2.28. The molecular weight excluding hydrogens is 173 g/mol. The number of rotatable bonds is 1. The summed E-state index contributed by atoms with van der Waals surface area (Å²) in [5.74, 6) is 0. The molecule has 2 N–H and O–H groups in total. The molecule has 76 valence electrons. The molecule has 2 aliphatic rings. The third kappa shape index (κ3) is 1.37. The highest BCUT2D eigenvalue weighted by molar-refractivity contribution is 5.10. The van der Waals surface area contributed by atoms with E-state index in [1.165, 1.54) is 0 Å². The molecule has 4 heteroatoms. The van der Waals surface area contributed by atoms with E-state index in [1.54, 1.807) is 6.92 Å². The van der Waals surface area contributed by atoms with Crippen LogP contribution in [0, 0.1) is 0 Å². The molecule has 0 bridgehead atoms. The van der Waals surface area contributed by atoms with E-state index in [4.69, 9.17) is 0 Å². The van der Waals surface area contributed by atoms with Crippen molar-refractivity contribution in [3.05, 3.63) is 0 Å². The smallest absolute Gasteiger partial charge is 0.115 e. The van der Waals surface area contributed by atoms with Crippen LogP contribution in [0.15, 0.2) is 0 Å². The molecule has 2 rings (SSSR count). The first-order valence-electron chi connectivity index (χ1n) is 4.70. The van der Waals surface area contributed by atoms with Gasteiger partial charge in [0.05, 0.1) is 12.2 Å². The van der Waals surface area contributed by atoms with Crippen molar-refractivity contribution in [2.45, 2.75) is 37.1 Å². The van der Waals surface area contributed by atoms with Crippen LogP contribution in [-0.4, -0.2) is 52.1 Å². The predicted molar refractivity (Wildman–Crippen MR) is 46.1 cm³/mol. The van der Waals surface area contributed by atoms with Crippen LogP contribution in [0.3, 0.4) is 0 Å². The van der Waals surface area contributed by atoms with Crippen LogP contribution in [0.4, 0.5) is 4.39 Å². The summed E-state index contributed by atoms with van der Waals surface area (Å²) in [6, 6.07) is 0. The predicted octanol–water partition coefficient (Wildman–Crippen LogP) is -0.0840. The summed E-state index contributed by atoms with van der Waals surface area (Å²) in [6.07, 6.45) is -0.000394. The van der Waals surface area contributed by atoms with Gasteiger partial charge in [-0.1, -0.05) is 0 Å². The second kappa shape index (κ2) is 2.65. The summed E-state index contributed by atoms with van der Waals surface area (Å²) in [4.78, 5) is 1.89. The van der Waals surface area contributed by atoms with E-state index in [-0.39, 0.29) is 6.61 Å². The second-order valence-electron chi connectivity index (χ2n) is 4.74. The average Bonchev–Trinajstić information content (AvgIpc) is 2.36. The van der Waals surface area contributed by atoms with E-state index < -0.39 is 17.3 Å². The summed E-state index contributed by atoms with van der Waals surface area (Å²) in [7, 11) is 0. The standard InChI is InChI=1S/C9H16FNO2/c1-8(13)4-9(6-12)2-7(10)3-11(9)5-8/h7,12-13H,2-6H2,1H3/t7-,8?,9-/m1/s1. The molecule has 0 aromatic heterocycles. The Morgan fingerprint density at radius 3 is 2.85 bits per heavy atom. The second-order valence-corrected chi connectivity index (χ2v) is 4.74. The lowest BCUT2D eigenvalue weighted by molar-refractivity contribution is 0.0599. The van der Waals surface area contributed by atoms with Crippen molar-refractivity contribution >= 4 is 0 Å². The lowest BCUT2D eigenvalue weighted by atomic mass is 9.89. The first-order valence-corrected chi connectivity index (χ1v) is 4.70. The van der Waals surface area contributed by atoms with Gasteiger partial charge in [-0.2, -0.15) is 0 Å². The Kier molecular flexibility index (Phi) is 1.91. The Labute approximate surface area is 77.2 Å². The number of alkyl halides is 1. The molecular formula is C9H16FNO2. The van der Waals surface area contributed by atoms with Crippen molar-refractivity contribution in [3.8, 4) is 0 Å². The van der Waals surface area contributed by atoms with Gasteiger partial charge in [0, 0.05) is 25.0 Å². The van der Waals surface area contributed by atoms with Gasteiger partial charge in [-0.3, -0.25) is 4.90 Å². The SMILES string of the molecule is CC1(O)CN2C[C@H](F)C[C@]2(CO)C1. The molecule has 0 saturated carbocycles. The van der Waals surface area contributed by atoms with Gasteiger partial charge in [0.2, 0.25) is 0 Å². The highest BCUT2D eigenvalue weighted by Gasteiger charge is 2.55. The molecule has 13 heavy (non-hydrogen) atoms. The molecule has 2 heterocycles. The maximum absolute atomic E-state index is 13.1. The number of nitrogens with zero attached hydrogens (tertiary/aromatic N) is 1. The lowest BCUT2D eigenvalue weighted by Crippen LogP contribution is -2.41. The Morgan fingerprint density at radius 2 is 2.31 bits per heavy atom. The minimum absolute atomic E-state index is 0.0520. The largest absolute Gasteiger partial charge is 0.394 e. The van der Waals surface area contributed by atoms with Gasteiger partial charge >= 0.3 is 0 Å². The van der Waals surface area contributed by atoms with Crippen molar-refractivity contribution in [2.24, 2.45) is 0 Å². The van der Waals surface area contributed by atoms with E-state index in [0.717, 1.165) is 0 Å². The van der Waals surface area contributed by atoms with Gasteiger partial charge in [-0.15, -0.1) is 0 Å². The van der Waals surface area contributed by atoms with Crippen molar-refractivity contribution < 1.29 is 14.6 Å². The van der Waals surface area contributed by atoms with Crippen molar-refractivity contribution in [3.63, 3.8) is 0 Å². The maximum Gasteiger partial charge on any atom is 0.115 e. The van der Waals surface area contributed by atoms with Gasteiger partial charge in [-0.05, 0) is 13.3 Å². The van der Waals surface area contributed by atoms with Crippen LogP contribution in [-0.2, 0) is 0 Å². The zero-order valence-electron chi connectivity index (χ0n) is 7.83. The Bertz CT molecular complexity index is 222. The molecule has 0 radical (unpaired) electrons. The van der Waals surface area contributed by atoms with Crippen molar-refractivity contribution in [1.82, 2.24) is 4.90 Å². The summed E-state index contributed by atoms with van der Waals surface area (Å²) >= 11 is 0. The zero-order valence-corrected chi connectivity index (χ0v) is 7.83. The van der Waals surface area contributed by atoms with Crippen LogP contribution >= 0.6 is 0 Å². The van der Waals surface area contributed by atoms with Gasteiger partial charge in [-0.25, -0.2) is 4.39 Å². The van der Waals surface area contributed by atoms with E-state index in [1.807, 2.05) is 4.90 Å². The maximum atomic E-state index is 13.1. The third-order valence-electron chi connectivity index (χ3n) is 3.23. The number of hydrogen-bond acceptors (Lipinski definition) is 3. The number of aliphatic hydroxyl groups excluding tert-OH is 1. The van der Waals surface area contributed by atoms with Crippen LogP contribution in [0.1, 0.15) is 19.8 Å². The van der Waals surface area contributed by atoms with E-state index in [9.17, 15) is 14.6 Å². The molecule has 0 amide bonds. The van der Waals surface area contributed by atoms with E-state index in [2.05, 4.69) is 0 Å². The highest BCUT2D eigenvalue weighted by Crippen LogP contribution is 2.43. The van der Waals surface area contributed by atoms with Crippen molar-refractivity contribution in [1.29, 1.82) is 0 Å². The molecule has 0 aliphatic carbocycles. The first kappa shape index (κ1) is 9.37. The molecule has 3 nitrogen and oxygen atoms in total. The van der Waals surface area contributed by atoms with Gasteiger partial charge in [0.25, 0.3) is 0 Å². The average molecular weight is 189 g/mol. The number of aliphatic hydroxyl groups is 2. The minimum Gasteiger partial charge on any atom is -0.394 e. The molecule has 3 atom stereocenters. The zero-order chi connectivity index (χ0) is 9.69. The first-order chi connectivity index (χ1) is 5.97. The number of fused-ring (bicyclic) bond motifs is 1. The molecule has 2 saturated heterocycles. The summed E-state index contributed by atoms with van der Waals surface area (Å²) in [5, 5.41) is 19.1. The van der Waals surface area contributed by atoms with E-state index in [0.29, 0.717) is 25.9 Å². The molecule has 0 aromatic rings. The Balaban J connectivity index is 2.20. The molecule has 2 fully saturated rings. The van der Waals surface area contributed by atoms with Gasteiger partial charge in [0.1, 0.15) is 6.17 Å².